The van der Waals surface area contributed by atoms with Gasteiger partial charge in [-0.3, -0.25) is 14.5 Å². The van der Waals surface area contributed by atoms with Crippen molar-refractivity contribution in [3.05, 3.63) is 11.7 Å². The number of carbonyl (C=O) groups is 2. The van der Waals surface area contributed by atoms with E-state index in [1.807, 2.05) is 39.5 Å². The van der Waals surface area contributed by atoms with Gasteiger partial charge in [0.2, 0.25) is 17.7 Å². The SMILES string of the molecule is CC(C)NC(=O)CCCC(=O)N1CCCN(Cc2noc(C(C)(C)C)n2)CC1. The van der Waals surface area contributed by atoms with Crippen molar-refractivity contribution in [1.29, 1.82) is 0 Å². The van der Waals surface area contributed by atoms with Crippen LogP contribution in [-0.2, 0) is 21.5 Å². The number of nitrogens with one attached hydrogen (secondary N) is 1. The molecule has 1 aliphatic rings. The molecule has 158 valence electrons. The minimum Gasteiger partial charge on any atom is -0.354 e. The second kappa shape index (κ2) is 10.0. The van der Waals surface area contributed by atoms with E-state index in [4.69, 9.17) is 4.52 Å². The van der Waals surface area contributed by atoms with E-state index in [-0.39, 0.29) is 23.3 Å². The maximum atomic E-state index is 12.5. The van der Waals surface area contributed by atoms with Crippen molar-refractivity contribution in [2.45, 2.75) is 78.3 Å². The molecule has 1 aromatic rings. The smallest absolute Gasteiger partial charge is 0.232 e. The summed E-state index contributed by atoms with van der Waals surface area (Å²) in [7, 11) is 0. The Bertz CT molecular complexity index is 651. The molecule has 1 aliphatic heterocycles. The molecule has 0 atom stereocenters. The van der Waals surface area contributed by atoms with Crippen LogP contribution in [0.3, 0.4) is 0 Å². The Hall–Kier alpha value is -1.96. The van der Waals surface area contributed by atoms with Crippen LogP contribution in [0, 0.1) is 0 Å². The lowest BCUT2D eigenvalue weighted by atomic mass is 9.97. The van der Waals surface area contributed by atoms with Gasteiger partial charge in [0.25, 0.3) is 0 Å². The first-order chi connectivity index (χ1) is 13.1. The summed E-state index contributed by atoms with van der Waals surface area (Å²) in [4.78, 5) is 32.8. The number of hydrogen-bond acceptors (Lipinski definition) is 6. The highest BCUT2D eigenvalue weighted by Gasteiger charge is 2.24. The van der Waals surface area contributed by atoms with Crippen LogP contribution in [0.2, 0.25) is 0 Å². The summed E-state index contributed by atoms with van der Waals surface area (Å²) in [6.45, 7) is 13.8. The van der Waals surface area contributed by atoms with Gasteiger partial charge in [-0.1, -0.05) is 25.9 Å². The van der Waals surface area contributed by atoms with Crippen molar-refractivity contribution in [2.75, 3.05) is 26.2 Å². The molecule has 0 unspecified atom stereocenters. The standard InChI is InChI=1S/C20H35N5O3/c1-15(2)21-17(26)8-6-9-18(27)25-11-7-10-24(12-13-25)14-16-22-19(28-23-16)20(3,4)5/h15H,6-14H2,1-5H3,(H,21,26). The van der Waals surface area contributed by atoms with E-state index in [9.17, 15) is 9.59 Å². The van der Waals surface area contributed by atoms with Gasteiger partial charge in [0.05, 0.1) is 6.54 Å². The van der Waals surface area contributed by atoms with Crippen LogP contribution in [0.15, 0.2) is 4.52 Å². The molecule has 0 aliphatic carbocycles. The molecule has 8 nitrogen and oxygen atoms in total. The maximum Gasteiger partial charge on any atom is 0.232 e. The van der Waals surface area contributed by atoms with Crippen molar-refractivity contribution in [1.82, 2.24) is 25.3 Å². The van der Waals surface area contributed by atoms with Gasteiger partial charge in [-0.15, -0.1) is 0 Å². The summed E-state index contributed by atoms with van der Waals surface area (Å²) < 4.78 is 5.36. The fourth-order valence-electron chi connectivity index (χ4n) is 3.15. The van der Waals surface area contributed by atoms with Gasteiger partial charge in [0, 0.05) is 50.5 Å². The third kappa shape index (κ3) is 7.22. The summed E-state index contributed by atoms with van der Waals surface area (Å²) >= 11 is 0. The Kier molecular flexibility index (Phi) is 7.98. The number of carbonyl (C=O) groups excluding carboxylic acids is 2. The number of hydrogen-bond donors (Lipinski definition) is 1. The maximum absolute atomic E-state index is 12.5. The van der Waals surface area contributed by atoms with E-state index in [1.165, 1.54) is 0 Å². The van der Waals surface area contributed by atoms with Crippen molar-refractivity contribution < 1.29 is 14.1 Å². The second-order valence-electron chi connectivity index (χ2n) is 8.85. The van der Waals surface area contributed by atoms with Crippen LogP contribution < -0.4 is 5.32 Å². The minimum absolute atomic E-state index is 0.0135. The van der Waals surface area contributed by atoms with Crippen molar-refractivity contribution in [2.24, 2.45) is 0 Å². The average molecular weight is 394 g/mol. The first-order valence-electron chi connectivity index (χ1n) is 10.3. The molecule has 1 aromatic heterocycles. The van der Waals surface area contributed by atoms with Gasteiger partial charge >= 0.3 is 0 Å². The Labute approximate surface area is 168 Å². The van der Waals surface area contributed by atoms with Crippen molar-refractivity contribution in [3.8, 4) is 0 Å². The fraction of sp³-hybridized carbons (Fsp3) is 0.800. The molecule has 8 heteroatoms. The van der Waals surface area contributed by atoms with Gasteiger partial charge < -0.3 is 14.7 Å². The van der Waals surface area contributed by atoms with Crippen LogP contribution in [0.1, 0.15) is 72.0 Å². The van der Waals surface area contributed by atoms with Crippen LogP contribution >= 0.6 is 0 Å². The Balaban J connectivity index is 1.75. The summed E-state index contributed by atoms with van der Waals surface area (Å²) in [6.07, 6.45) is 2.34. The molecule has 0 saturated carbocycles. The van der Waals surface area contributed by atoms with Crippen molar-refractivity contribution >= 4 is 11.8 Å². The zero-order chi connectivity index (χ0) is 20.7. The lowest BCUT2D eigenvalue weighted by Crippen LogP contribution is -2.35. The number of amides is 2. The van der Waals surface area contributed by atoms with E-state index in [0.717, 1.165) is 26.1 Å². The number of nitrogens with zero attached hydrogens (tertiary/aromatic N) is 4. The van der Waals surface area contributed by atoms with Crippen LogP contribution in [0.25, 0.3) is 0 Å². The summed E-state index contributed by atoms with van der Waals surface area (Å²) in [5, 5.41) is 6.95. The molecular weight excluding hydrogens is 358 g/mol. The van der Waals surface area contributed by atoms with E-state index in [0.29, 0.717) is 44.1 Å². The molecular formula is C20H35N5O3. The van der Waals surface area contributed by atoms with Crippen LogP contribution in [0.5, 0.6) is 0 Å². The molecule has 0 spiro atoms. The highest BCUT2D eigenvalue weighted by Crippen LogP contribution is 2.20. The molecule has 2 heterocycles. The number of rotatable bonds is 7. The fourth-order valence-corrected chi connectivity index (χ4v) is 3.15. The first kappa shape index (κ1) is 22.3. The lowest BCUT2D eigenvalue weighted by Gasteiger charge is -2.21. The van der Waals surface area contributed by atoms with E-state index >= 15 is 0 Å². The summed E-state index contributed by atoms with van der Waals surface area (Å²) in [5.41, 5.74) is -0.153. The van der Waals surface area contributed by atoms with Gasteiger partial charge in [0.1, 0.15) is 0 Å². The first-order valence-corrected chi connectivity index (χ1v) is 10.3. The zero-order valence-electron chi connectivity index (χ0n) is 18.0. The number of aromatic nitrogens is 2. The molecule has 1 saturated heterocycles. The summed E-state index contributed by atoms with van der Waals surface area (Å²) in [5.74, 6) is 1.49. The molecule has 2 amide bonds. The van der Waals surface area contributed by atoms with Gasteiger partial charge in [-0.05, 0) is 26.7 Å². The predicted molar refractivity (Wildman–Crippen MR) is 107 cm³/mol. The van der Waals surface area contributed by atoms with E-state index in [2.05, 4.69) is 20.4 Å². The van der Waals surface area contributed by atoms with Gasteiger partial charge in [0.15, 0.2) is 5.82 Å². The lowest BCUT2D eigenvalue weighted by molar-refractivity contribution is -0.131. The molecule has 2 rings (SSSR count). The minimum atomic E-state index is -0.153. The second-order valence-corrected chi connectivity index (χ2v) is 8.85. The van der Waals surface area contributed by atoms with Crippen molar-refractivity contribution in [3.63, 3.8) is 0 Å². The Morgan fingerprint density at radius 3 is 2.54 bits per heavy atom. The van der Waals surface area contributed by atoms with E-state index < -0.39 is 0 Å². The van der Waals surface area contributed by atoms with E-state index in [1.54, 1.807) is 0 Å². The third-order valence-electron chi connectivity index (χ3n) is 4.66. The quantitative estimate of drug-likeness (QED) is 0.763. The zero-order valence-corrected chi connectivity index (χ0v) is 18.0. The molecule has 0 bridgehead atoms. The Morgan fingerprint density at radius 2 is 1.89 bits per heavy atom. The van der Waals surface area contributed by atoms with Crippen LogP contribution in [-0.4, -0.2) is 64.0 Å². The summed E-state index contributed by atoms with van der Waals surface area (Å²) in [6, 6.07) is 0.137. The highest BCUT2D eigenvalue weighted by molar-refractivity contribution is 5.79. The van der Waals surface area contributed by atoms with Crippen LogP contribution in [0.4, 0.5) is 0 Å². The predicted octanol–water partition coefficient (Wildman–Crippen LogP) is 2.10. The molecule has 0 radical (unpaired) electrons. The Morgan fingerprint density at radius 1 is 1.14 bits per heavy atom. The molecule has 0 aromatic carbocycles. The van der Waals surface area contributed by atoms with Gasteiger partial charge in [-0.2, -0.15) is 4.98 Å². The average Bonchev–Trinajstić information content (AvgIpc) is 2.93. The topological polar surface area (TPSA) is 91.6 Å². The normalized spacial score (nSPS) is 16.3. The molecule has 1 fully saturated rings. The van der Waals surface area contributed by atoms with Gasteiger partial charge in [-0.25, -0.2) is 0 Å². The monoisotopic (exact) mass is 393 g/mol. The largest absolute Gasteiger partial charge is 0.354 e. The molecule has 28 heavy (non-hydrogen) atoms. The highest BCUT2D eigenvalue weighted by atomic mass is 16.5. The third-order valence-corrected chi connectivity index (χ3v) is 4.66. The molecule has 1 N–H and O–H groups in total.